The number of ether oxygens (including phenoxy) is 1. The van der Waals surface area contributed by atoms with E-state index >= 15 is 0 Å². The summed E-state index contributed by atoms with van der Waals surface area (Å²) in [6, 6.07) is 16.8. The molecule has 0 radical (unpaired) electrons. The van der Waals surface area contributed by atoms with Gasteiger partial charge in [-0.3, -0.25) is 4.79 Å². The lowest BCUT2D eigenvalue weighted by Gasteiger charge is -2.16. The zero-order valence-corrected chi connectivity index (χ0v) is 18.6. The van der Waals surface area contributed by atoms with Crippen molar-refractivity contribution in [2.24, 2.45) is 0 Å². The quantitative estimate of drug-likeness (QED) is 0.424. The molecule has 2 heterocycles. The number of aromatic amines is 2. The van der Waals surface area contributed by atoms with Gasteiger partial charge in [-0.25, -0.2) is 14.8 Å². The molecule has 0 aliphatic carbocycles. The number of amides is 1. The average molecular weight is 463 g/mol. The van der Waals surface area contributed by atoms with Crippen LogP contribution in [0.2, 0.25) is 5.02 Å². The van der Waals surface area contributed by atoms with Crippen molar-refractivity contribution in [1.82, 2.24) is 4.98 Å². The molecule has 8 heteroatoms. The third kappa shape index (κ3) is 4.03. The maximum Gasteiger partial charge on any atom is 0.458 e. The Balaban J connectivity index is 1.43. The number of carboxylic acids is 1. The minimum atomic E-state index is -1.00. The van der Waals surface area contributed by atoms with E-state index in [2.05, 4.69) is 9.97 Å². The number of rotatable bonds is 5. The van der Waals surface area contributed by atoms with E-state index in [1.165, 1.54) is 6.07 Å². The molecule has 1 aliphatic rings. The van der Waals surface area contributed by atoms with Crippen LogP contribution in [0.25, 0.3) is 22.2 Å². The molecule has 1 amide bonds. The number of nitrogens with one attached hydrogen (secondary N) is 2. The number of fused-ring (bicyclic) bond motifs is 1. The van der Waals surface area contributed by atoms with E-state index in [4.69, 9.17) is 16.3 Å². The zero-order chi connectivity index (χ0) is 23.1. The van der Waals surface area contributed by atoms with Crippen molar-refractivity contribution in [3.63, 3.8) is 0 Å². The minimum absolute atomic E-state index is 0.153. The number of carboxylic acid groups (broad SMARTS) is 1. The lowest BCUT2D eigenvalue weighted by molar-refractivity contribution is -0.359. The Morgan fingerprint density at radius 1 is 1.15 bits per heavy atom. The van der Waals surface area contributed by atoms with E-state index in [0.29, 0.717) is 28.8 Å². The highest BCUT2D eigenvalue weighted by Gasteiger charge is 2.22. The highest BCUT2D eigenvalue weighted by atomic mass is 35.5. The number of aromatic nitrogens is 2. The summed E-state index contributed by atoms with van der Waals surface area (Å²) in [7, 11) is 0. The third-order valence-electron chi connectivity index (χ3n) is 5.83. The first kappa shape index (κ1) is 21.0. The van der Waals surface area contributed by atoms with E-state index in [9.17, 15) is 14.7 Å². The first-order valence-corrected chi connectivity index (χ1v) is 10.9. The summed E-state index contributed by atoms with van der Waals surface area (Å²) in [6.07, 6.45) is 1.48. The maximum atomic E-state index is 12.0. The van der Waals surface area contributed by atoms with Crippen molar-refractivity contribution in [1.29, 1.82) is 0 Å². The van der Waals surface area contributed by atoms with Crippen LogP contribution in [0.1, 0.15) is 28.8 Å². The topological polar surface area (TPSA) is 96.8 Å². The molecule has 0 saturated carbocycles. The minimum Gasteiger partial charge on any atom is -0.478 e. The number of halogens is 1. The average Bonchev–Trinajstić information content (AvgIpc) is 3.39. The van der Waals surface area contributed by atoms with Crippen molar-refractivity contribution in [2.75, 3.05) is 11.4 Å². The lowest BCUT2D eigenvalue weighted by Crippen LogP contribution is -2.23. The van der Waals surface area contributed by atoms with Crippen molar-refractivity contribution in [2.45, 2.75) is 19.8 Å². The molecule has 0 spiro atoms. The van der Waals surface area contributed by atoms with Crippen LogP contribution < -0.4 is 14.6 Å². The van der Waals surface area contributed by atoms with E-state index in [-0.39, 0.29) is 11.5 Å². The van der Waals surface area contributed by atoms with Crippen molar-refractivity contribution < 1.29 is 24.4 Å². The van der Waals surface area contributed by atoms with Crippen molar-refractivity contribution >= 4 is 40.2 Å². The molecular weight excluding hydrogens is 442 g/mol. The van der Waals surface area contributed by atoms with Crippen molar-refractivity contribution in [3.8, 4) is 22.9 Å². The molecule has 1 aromatic heterocycles. The van der Waals surface area contributed by atoms with E-state index in [1.54, 1.807) is 24.0 Å². The van der Waals surface area contributed by atoms with Gasteiger partial charge >= 0.3 is 12.0 Å². The van der Waals surface area contributed by atoms with Gasteiger partial charge in [0.25, 0.3) is 0 Å². The SMILES string of the molecule is Cc1ccc(Oc2[nH]c3cc(Cl)c(-c4ccc(N5CCCC5=O)cc4)cc3[nH+]2)cc1C(=O)O. The number of hydrogen-bond donors (Lipinski definition) is 2. The number of aryl methyl sites for hydroxylation is 1. The standard InChI is InChI=1S/C25H20ClN3O4/c1-14-4-9-17(11-18(14)24(31)32)33-25-27-21-12-19(20(26)13-22(21)28-25)15-5-7-16(8-6-15)29-10-2-3-23(29)30/h4-9,11-13H,2-3,10H2,1H3,(H,27,28)(H,31,32)/p+1. The fraction of sp³-hybridized carbons (Fsp3) is 0.160. The largest absolute Gasteiger partial charge is 0.478 e. The summed E-state index contributed by atoms with van der Waals surface area (Å²) in [4.78, 5) is 31.5. The number of carbonyl (C=O) groups excluding carboxylic acids is 1. The van der Waals surface area contributed by atoms with Crippen LogP contribution in [-0.4, -0.2) is 28.5 Å². The van der Waals surface area contributed by atoms with Gasteiger partial charge in [-0.1, -0.05) is 29.8 Å². The summed E-state index contributed by atoms with van der Waals surface area (Å²) >= 11 is 6.57. The molecule has 4 aromatic rings. The predicted molar refractivity (Wildman–Crippen MR) is 125 cm³/mol. The van der Waals surface area contributed by atoms with Gasteiger partial charge in [0, 0.05) is 30.3 Å². The van der Waals surface area contributed by atoms with Crippen LogP contribution in [0.5, 0.6) is 11.8 Å². The Hall–Kier alpha value is -3.84. The number of benzene rings is 3. The molecular formula is C25H21ClN3O4+. The van der Waals surface area contributed by atoms with Gasteiger partial charge in [0.1, 0.15) is 5.75 Å². The second-order valence-electron chi connectivity index (χ2n) is 8.04. The van der Waals surface area contributed by atoms with Crippen LogP contribution in [0.4, 0.5) is 5.69 Å². The van der Waals surface area contributed by atoms with Gasteiger partial charge in [-0.15, -0.1) is 0 Å². The second kappa shape index (κ2) is 8.26. The van der Waals surface area contributed by atoms with E-state index in [1.807, 2.05) is 36.4 Å². The Morgan fingerprint density at radius 3 is 2.64 bits per heavy atom. The van der Waals surface area contributed by atoms with Gasteiger partial charge in [0.05, 0.1) is 10.6 Å². The summed E-state index contributed by atoms with van der Waals surface area (Å²) in [6.45, 7) is 2.49. The highest BCUT2D eigenvalue weighted by molar-refractivity contribution is 6.34. The Labute approximate surface area is 194 Å². The molecule has 166 valence electrons. The molecule has 0 atom stereocenters. The fourth-order valence-electron chi connectivity index (χ4n) is 4.08. The number of carbonyl (C=O) groups is 2. The van der Waals surface area contributed by atoms with Crippen LogP contribution in [0.15, 0.2) is 54.6 Å². The molecule has 0 unspecified atom stereocenters. The van der Waals surface area contributed by atoms with Gasteiger partial charge in [-0.2, -0.15) is 0 Å². The smallest absolute Gasteiger partial charge is 0.458 e. The molecule has 33 heavy (non-hydrogen) atoms. The number of hydrogen-bond acceptors (Lipinski definition) is 3. The Morgan fingerprint density at radius 2 is 1.94 bits per heavy atom. The molecule has 1 aliphatic heterocycles. The zero-order valence-electron chi connectivity index (χ0n) is 17.8. The van der Waals surface area contributed by atoms with Gasteiger partial charge in [0.15, 0.2) is 11.0 Å². The summed E-state index contributed by atoms with van der Waals surface area (Å²) < 4.78 is 5.82. The second-order valence-corrected chi connectivity index (χ2v) is 8.44. The first-order valence-electron chi connectivity index (χ1n) is 10.6. The van der Waals surface area contributed by atoms with Crippen molar-refractivity contribution in [3.05, 3.63) is 70.7 Å². The maximum absolute atomic E-state index is 12.0. The van der Waals surface area contributed by atoms with Crippen LogP contribution >= 0.6 is 11.6 Å². The highest BCUT2D eigenvalue weighted by Crippen LogP contribution is 2.33. The third-order valence-corrected chi connectivity index (χ3v) is 6.14. The summed E-state index contributed by atoms with van der Waals surface area (Å²) in [5.74, 6) is -0.449. The summed E-state index contributed by atoms with van der Waals surface area (Å²) in [5.41, 5.74) is 5.05. The predicted octanol–water partition coefficient (Wildman–Crippen LogP) is 5.23. The molecule has 0 bridgehead atoms. The van der Waals surface area contributed by atoms with Crippen LogP contribution in [-0.2, 0) is 4.79 Å². The summed E-state index contributed by atoms with van der Waals surface area (Å²) in [5, 5.41) is 9.89. The van der Waals surface area contributed by atoms with Gasteiger partial charge < -0.3 is 14.7 Å². The molecule has 1 saturated heterocycles. The molecule has 3 aromatic carbocycles. The van der Waals surface area contributed by atoms with Crippen LogP contribution in [0, 0.1) is 6.92 Å². The van der Waals surface area contributed by atoms with Gasteiger partial charge in [-0.05, 0) is 54.8 Å². The van der Waals surface area contributed by atoms with Gasteiger partial charge in [0.2, 0.25) is 5.91 Å². The number of nitrogens with zero attached hydrogens (tertiary/aromatic N) is 1. The number of aromatic carboxylic acids is 1. The number of imidazole rings is 1. The fourth-order valence-corrected chi connectivity index (χ4v) is 4.36. The van der Waals surface area contributed by atoms with E-state index < -0.39 is 5.97 Å². The Bertz CT molecular complexity index is 1400. The number of H-pyrrole nitrogens is 2. The molecule has 5 rings (SSSR count). The first-order chi connectivity index (χ1) is 15.9. The lowest BCUT2D eigenvalue weighted by atomic mass is 10.0. The van der Waals surface area contributed by atoms with E-state index in [0.717, 1.165) is 40.8 Å². The molecule has 1 fully saturated rings. The Kier molecular flexibility index (Phi) is 5.26. The van der Waals surface area contributed by atoms with Crippen LogP contribution in [0.3, 0.4) is 0 Å². The molecule has 7 nitrogen and oxygen atoms in total. The molecule has 3 N–H and O–H groups in total. The number of anilines is 1. The normalized spacial score (nSPS) is 13.6. The monoisotopic (exact) mass is 462 g/mol.